The molecule has 0 bridgehead atoms. The number of likely N-dealkylation sites (N-methyl/N-ethyl adjacent to an activating group) is 2. The van der Waals surface area contributed by atoms with Crippen molar-refractivity contribution in [2.75, 3.05) is 49.9 Å². The number of halogens is 1. The van der Waals surface area contributed by atoms with Gasteiger partial charge in [-0.2, -0.15) is 0 Å². The van der Waals surface area contributed by atoms with E-state index in [1.54, 1.807) is 9.80 Å². The van der Waals surface area contributed by atoms with Crippen LogP contribution in [0.3, 0.4) is 0 Å². The summed E-state index contributed by atoms with van der Waals surface area (Å²) in [5.41, 5.74) is 4.51. The van der Waals surface area contributed by atoms with Gasteiger partial charge in [0.1, 0.15) is 35.5 Å². The van der Waals surface area contributed by atoms with Gasteiger partial charge in [-0.3, -0.25) is 29.0 Å². The third kappa shape index (κ3) is 8.91. The smallest absolute Gasteiger partial charge is 0.247 e. The first-order valence-corrected chi connectivity index (χ1v) is 22.1. The summed E-state index contributed by atoms with van der Waals surface area (Å²) in [6, 6.07) is 30.5. The molecule has 11 nitrogen and oxygen atoms in total. The molecule has 4 atom stereocenters. The van der Waals surface area contributed by atoms with E-state index in [2.05, 4.69) is 64.1 Å². The van der Waals surface area contributed by atoms with Crippen molar-refractivity contribution in [1.82, 2.24) is 19.6 Å². The number of benzene rings is 4. The molecule has 4 aromatic carbocycles. The number of carbonyl (C=O) groups is 4. The van der Waals surface area contributed by atoms with E-state index in [1.165, 1.54) is 0 Å². The van der Waals surface area contributed by atoms with E-state index in [-0.39, 0.29) is 23.6 Å². The van der Waals surface area contributed by atoms with Crippen LogP contribution in [0.5, 0.6) is 0 Å². The number of amides is 4. The molecule has 0 radical (unpaired) electrons. The molecule has 12 heteroatoms. The van der Waals surface area contributed by atoms with Crippen molar-refractivity contribution < 1.29 is 23.6 Å². The Morgan fingerprint density at radius 1 is 0.650 bits per heavy atom. The van der Waals surface area contributed by atoms with Crippen molar-refractivity contribution in [2.45, 2.75) is 77.5 Å². The highest BCUT2D eigenvalue weighted by atomic mass is 79.9. The number of carbonyl (C=O) groups excluding carboxylic acids is 4. The second kappa shape index (κ2) is 19.4. The summed E-state index contributed by atoms with van der Waals surface area (Å²) >= 11 is 3.75. The van der Waals surface area contributed by atoms with Crippen LogP contribution in [0.2, 0.25) is 0 Å². The Hall–Kier alpha value is -5.30. The third-order valence-corrected chi connectivity index (χ3v) is 12.8. The molecule has 2 saturated heterocycles. The minimum Gasteiger partial charge on any atom is -0.455 e. The number of rotatable bonds is 15. The molecule has 2 aliphatic rings. The van der Waals surface area contributed by atoms with Crippen molar-refractivity contribution in [3.8, 4) is 11.3 Å². The zero-order valence-corrected chi connectivity index (χ0v) is 36.5. The Morgan fingerprint density at radius 2 is 1.10 bits per heavy atom. The molecule has 0 saturated carbocycles. The van der Waals surface area contributed by atoms with E-state index in [1.807, 2.05) is 103 Å². The largest absolute Gasteiger partial charge is 0.455 e. The van der Waals surface area contributed by atoms with Crippen LogP contribution in [-0.4, -0.2) is 94.6 Å². The summed E-state index contributed by atoms with van der Waals surface area (Å²) in [6.07, 6.45) is 2.72. The van der Waals surface area contributed by atoms with Crippen molar-refractivity contribution in [3.63, 3.8) is 0 Å². The van der Waals surface area contributed by atoms with E-state index in [0.29, 0.717) is 74.8 Å². The highest BCUT2D eigenvalue weighted by Gasteiger charge is 2.41. The fraction of sp³-hybridized carbons (Fsp3) is 0.375. The minimum absolute atomic E-state index is 0.0474. The lowest BCUT2D eigenvalue weighted by Gasteiger charge is -2.34. The second-order valence-corrected chi connectivity index (χ2v) is 16.3. The zero-order chi connectivity index (χ0) is 42.3. The van der Waals surface area contributed by atoms with E-state index in [0.717, 1.165) is 39.4 Å². The van der Waals surface area contributed by atoms with Gasteiger partial charge in [-0.1, -0.05) is 88.4 Å². The lowest BCUT2D eigenvalue weighted by molar-refractivity contribution is -0.141. The Balaban J connectivity index is 1.02. The summed E-state index contributed by atoms with van der Waals surface area (Å²) in [4.78, 5) is 63.6. The Morgan fingerprint density at radius 3 is 1.57 bits per heavy atom. The molecule has 314 valence electrons. The average Bonchev–Trinajstić information content (AvgIpc) is 4.05. The maximum absolute atomic E-state index is 14.2. The maximum Gasteiger partial charge on any atom is 0.247 e. The number of nitrogens with zero attached hydrogens (tertiary/aromatic N) is 4. The Labute approximate surface area is 361 Å². The van der Waals surface area contributed by atoms with Crippen LogP contribution in [0.25, 0.3) is 22.3 Å². The highest BCUT2D eigenvalue weighted by molar-refractivity contribution is 9.10. The van der Waals surface area contributed by atoms with E-state index >= 15 is 0 Å². The van der Waals surface area contributed by atoms with Gasteiger partial charge in [0.05, 0.1) is 4.47 Å². The Bertz CT molecular complexity index is 2280. The molecule has 5 aromatic rings. The van der Waals surface area contributed by atoms with Crippen molar-refractivity contribution in [1.29, 1.82) is 0 Å². The summed E-state index contributed by atoms with van der Waals surface area (Å²) in [5.74, 6) is 0.0924. The molecule has 1 unspecified atom stereocenters. The maximum atomic E-state index is 14.2. The molecule has 0 aliphatic carbocycles. The Kier molecular flexibility index (Phi) is 13.8. The van der Waals surface area contributed by atoms with Crippen LogP contribution in [0.1, 0.15) is 76.6 Å². The lowest BCUT2D eigenvalue weighted by Crippen LogP contribution is -2.48. The van der Waals surface area contributed by atoms with Crippen LogP contribution in [0.15, 0.2) is 112 Å². The van der Waals surface area contributed by atoms with E-state index in [9.17, 15) is 19.2 Å². The summed E-state index contributed by atoms with van der Waals surface area (Å²) in [7, 11) is 0. The zero-order valence-electron chi connectivity index (χ0n) is 34.9. The van der Waals surface area contributed by atoms with Crippen LogP contribution < -0.4 is 10.6 Å². The molecule has 60 heavy (non-hydrogen) atoms. The van der Waals surface area contributed by atoms with Gasteiger partial charge in [0.25, 0.3) is 0 Å². The van der Waals surface area contributed by atoms with Crippen molar-refractivity contribution in [3.05, 3.63) is 119 Å². The van der Waals surface area contributed by atoms with Gasteiger partial charge in [-0.25, -0.2) is 0 Å². The molecule has 1 aromatic heterocycles. The molecule has 7 rings (SSSR count). The van der Waals surface area contributed by atoms with Crippen LogP contribution >= 0.6 is 15.9 Å². The van der Waals surface area contributed by atoms with Gasteiger partial charge in [0.15, 0.2) is 0 Å². The fourth-order valence-electron chi connectivity index (χ4n) is 8.87. The first kappa shape index (κ1) is 42.8. The molecule has 4 amide bonds. The van der Waals surface area contributed by atoms with E-state index < -0.39 is 24.2 Å². The number of nitrogens with one attached hydrogen (secondary N) is 2. The number of anilines is 2. The van der Waals surface area contributed by atoms with Crippen LogP contribution in [-0.2, 0) is 19.2 Å². The van der Waals surface area contributed by atoms with Gasteiger partial charge in [0, 0.05) is 35.4 Å². The van der Waals surface area contributed by atoms with Gasteiger partial charge in [-0.05, 0) is 121 Å². The molecule has 2 N–H and O–H groups in total. The van der Waals surface area contributed by atoms with E-state index in [4.69, 9.17) is 4.42 Å². The van der Waals surface area contributed by atoms with Gasteiger partial charge in [-0.15, -0.1) is 0 Å². The molecule has 2 aliphatic heterocycles. The lowest BCUT2D eigenvalue weighted by atomic mass is 10.0. The number of fused-ring (bicyclic) bond motifs is 1. The average molecular weight is 876 g/mol. The number of furan rings is 1. The third-order valence-electron chi connectivity index (χ3n) is 12.0. The fourth-order valence-corrected chi connectivity index (χ4v) is 9.49. The normalized spacial score (nSPS) is 17.6. The molecular weight excluding hydrogens is 820 g/mol. The van der Waals surface area contributed by atoms with Crippen molar-refractivity contribution in [2.24, 2.45) is 0 Å². The van der Waals surface area contributed by atoms with Crippen LogP contribution in [0.4, 0.5) is 11.4 Å². The van der Waals surface area contributed by atoms with Gasteiger partial charge < -0.3 is 24.9 Å². The number of hydrogen-bond acceptors (Lipinski definition) is 7. The van der Waals surface area contributed by atoms with Crippen molar-refractivity contribution >= 4 is 61.9 Å². The van der Waals surface area contributed by atoms with Gasteiger partial charge in [0.2, 0.25) is 23.6 Å². The molecule has 3 heterocycles. The number of likely N-dealkylation sites (tertiary alicyclic amines) is 2. The first-order chi connectivity index (χ1) is 29.2. The molecule has 0 spiro atoms. The molecular formula is C48H55BrN6O5. The molecule has 2 fully saturated rings. The van der Waals surface area contributed by atoms with Crippen LogP contribution in [0, 0.1) is 0 Å². The second-order valence-electron chi connectivity index (χ2n) is 15.5. The standard InChI is InChI=1S/C48H55BrN6O5/c1-5-52(6-2)42(32-17-11-9-12-18-32)47(58)54-29-15-21-38(54)45(56)50-35-25-23-34(24-26-35)44-41(49)37-31-36(27-28-40(37)60-44)51-46(57)39-22-16-30-55(39)48(59)43(53(7-3)8-4)33-19-13-10-14-20-33/h9-14,17-20,23-28,31,38-39,42-43H,5-8,15-16,21-22,29-30H2,1-4H3,(H,50,56)(H,51,57)/t38?,39-,42+,43+/m0/s1. The highest BCUT2D eigenvalue weighted by Crippen LogP contribution is 2.40. The summed E-state index contributed by atoms with van der Waals surface area (Å²) in [5, 5.41) is 6.92. The minimum atomic E-state index is -0.576. The first-order valence-electron chi connectivity index (χ1n) is 21.3. The predicted octanol–water partition coefficient (Wildman–Crippen LogP) is 8.89. The monoisotopic (exact) mass is 874 g/mol. The summed E-state index contributed by atoms with van der Waals surface area (Å²) in [6.45, 7) is 12.1. The quantitative estimate of drug-likeness (QED) is 0.108. The predicted molar refractivity (Wildman–Crippen MR) is 240 cm³/mol. The van der Waals surface area contributed by atoms with Gasteiger partial charge >= 0.3 is 0 Å². The number of hydrogen-bond donors (Lipinski definition) is 2. The topological polar surface area (TPSA) is 118 Å². The SMILES string of the molecule is CCN(CC)[C@@H](C(=O)N1CCCC1C(=O)Nc1ccc(-c2oc3ccc(NC(=O)[C@@H]4CCCN4C(=O)[C@@H](c4ccccc4)N(CC)CC)cc3c2Br)cc1)c1ccccc1. The summed E-state index contributed by atoms with van der Waals surface area (Å²) < 4.78 is 7.02.